The first-order valence-electron chi connectivity index (χ1n) is 8.56. The van der Waals surface area contributed by atoms with Gasteiger partial charge in [-0.05, 0) is 49.6 Å². The highest BCUT2D eigenvalue weighted by Gasteiger charge is 2.40. The van der Waals surface area contributed by atoms with Crippen LogP contribution >= 0.6 is 15.9 Å². The van der Waals surface area contributed by atoms with Crippen LogP contribution in [-0.4, -0.2) is 38.3 Å². The second kappa shape index (κ2) is 8.00. The number of halogens is 1. The largest absolute Gasteiger partial charge is 0.497 e. The summed E-state index contributed by atoms with van der Waals surface area (Å²) in [6.07, 6.45) is 1.13. The average molecular weight is 453 g/mol. The van der Waals surface area contributed by atoms with E-state index in [2.05, 4.69) is 21.2 Å². The molecular formula is C19H21BrN2O4S. The number of hydrogen-bond acceptors (Lipinski definition) is 4. The molecule has 0 bridgehead atoms. The molecule has 27 heavy (non-hydrogen) atoms. The van der Waals surface area contributed by atoms with Crippen LogP contribution in [0.1, 0.15) is 18.4 Å². The molecule has 1 N–H and O–H groups in total. The number of ether oxygens (including phenoxy) is 1. The van der Waals surface area contributed by atoms with E-state index >= 15 is 0 Å². The molecule has 0 radical (unpaired) electrons. The second-order valence-corrected chi connectivity index (χ2v) is 9.18. The molecule has 1 unspecified atom stereocenters. The highest BCUT2D eigenvalue weighted by molar-refractivity contribution is 9.10. The van der Waals surface area contributed by atoms with Crippen LogP contribution in [0, 0.1) is 6.92 Å². The van der Waals surface area contributed by atoms with Crippen molar-refractivity contribution in [3.8, 4) is 5.75 Å². The third-order valence-electron chi connectivity index (χ3n) is 4.58. The number of hydrogen-bond donors (Lipinski definition) is 1. The number of nitrogens with one attached hydrogen (secondary N) is 1. The predicted molar refractivity (Wildman–Crippen MR) is 107 cm³/mol. The Morgan fingerprint density at radius 1 is 1.26 bits per heavy atom. The summed E-state index contributed by atoms with van der Waals surface area (Å²) in [5.41, 5.74) is 1.24. The topological polar surface area (TPSA) is 75.7 Å². The molecule has 0 aliphatic carbocycles. The normalized spacial score (nSPS) is 17.7. The van der Waals surface area contributed by atoms with Crippen molar-refractivity contribution in [3.05, 3.63) is 52.5 Å². The summed E-state index contributed by atoms with van der Waals surface area (Å²) >= 11 is 3.36. The van der Waals surface area contributed by atoms with Crippen molar-refractivity contribution >= 4 is 37.5 Å². The third-order valence-corrected chi connectivity index (χ3v) is 7.12. The number of carbonyl (C=O) groups excluding carboxylic acids is 1. The van der Waals surface area contributed by atoms with E-state index in [9.17, 15) is 13.2 Å². The van der Waals surface area contributed by atoms with Crippen LogP contribution in [0.5, 0.6) is 5.75 Å². The van der Waals surface area contributed by atoms with Gasteiger partial charge in [-0.15, -0.1) is 0 Å². The van der Waals surface area contributed by atoms with E-state index in [0.29, 0.717) is 36.4 Å². The number of amides is 1. The lowest BCUT2D eigenvalue weighted by atomic mass is 10.2. The SMILES string of the molecule is COc1ccc(C)c(S(=O)(=O)N2CCCC2C(=O)Nc2cccc(Br)c2)c1. The molecule has 0 saturated carbocycles. The van der Waals surface area contributed by atoms with Crippen LogP contribution in [0.4, 0.5) is 5.69 Å². The van der Waals surface area contributed by atoms with Gasteiger partial charge in [0.05, 0.1) is 12.0 Å². The number of carbonyl (C=O) groups is 1. The van der Waals surface area contributed by atoms with Crippen LogP contribution in [0.25, 0.3) is 0 Å². The lowest BCUT2D eigenvalue weighted by Crippen LogP contribution is -2.43. The molecule has 1 amide bonds. The number of anilines is 1. The van der Waals surface area contributed by atoms with Crippen molar-refractivity contribution < 1.29 is 17.9 Å². The first kappa shape index (κ1) is 19.9. The summed E-state index contributed by atoms with van der Waals surface area (Å²) in [4.78, 5) is 12.9. The smallest absolute Gasteiger partial charge is 0.244 e. The van der Waals surface area contributed by atoms with Crippen LogP contribution < -0.4 is 10.1 Å². The van der Waals surface area contributed by atoms with Crippen molar-refractivity contribution in [2.45, 2.75) is 30.7 Å². The maximum Gasteiger partial charge on any atom is 0.244 e. The fourth-order valence-electron chi connectivity index (χ4n) is 3.19. The van der Waals surface area contributed by atoms with Gasteiger partial charge in [0.15, 0.2) is 0 Å². The van der Waals surface area contributed by atoms with Crippen LogP contribution in [0.3, 0.4) is 0 Å². The van der Waals surface area contributed by atoms with Crippen molar-refractivity contribution in [1.29, 1.82) is 0 Å². The fraction of sp³-hybridized carbons (Fsp3) is 0.316. The van der Waals surface area contributed by atoms with Gasteiger partial charge in [-0.25, -0.2) is 8.42 Å². The zero-order valence-electron chi connectivity index (χ0n) is 15.1. The van der Waals surface area contributed by atoms with E-state index in [1.54, 1.807) is 31.2 Å². The monoisotopic (exact) mass is 452 g/mol. The van der Waals surface area contributed by atoms with Crippen molar-refractivity contribution in [2.75, 3.05) is 19.0 Å². The molecule has 0 spiro atoms. The zero-order valence-corrected chi connectivity index (χ0v) is 17.5. The lowest BCUT2D eigenvalue weighted by Gasteiger charge is -2.24. The van der Waals surface area contributed by atoms with Gasteiger partial charge in [-0.2, -0.15) is 4.31 Å². The molecule has 1 atom stereocenters. The van der Waals surface area contributed by atoms with Crippen LogP contribution in [-0.2, 0) is 14.8 Å². The van der Waals surface area contributed by atoms with Crippen molar-refractivity contribution in [3.63, 3.8) is 0 Å². The molecule has 6 nitrogen and oxygen atoms in total. The van der Waals surface area contributed by atoms with E-state index in [1.165, 1.54) is 17.5 Å². The van der Waals surface area contributed by atoms with Gasteiger partial charge >= 0.3 is 0 Å². The third kappa shape index (κ3) is 4.17. The molecule has 8 heteroatoms. The van der Waals surface area contributed by atoms with Crippen molar-refractivity contribution in [2.24, 2.45) is 0 Å². The minimum atomic E-state index is -3.81. The molecule has 2 aromatic carbocycles. The minimum Gasteiger partial charge on any atom is -0.497 e. The van der Waals surface area contributed by atoms with E-state index in [4.69, 9.17) is 4.74 Å². The summed E-state index contributed by atoms with van der Waals surface area (Å²) in [6.45, 7) is 2.05. The maximum atomic E-state index is 13.2. The zero-order chi connectivity index (χ0) is 19.6. The minimum absolute atomic E-state index is 0.170. The van der Waals surface area contributed by atoms with Crippen LogP contribution in [0.15, 0.2) is 51.8 Å². The van der Waals surface area contributed by atoms with Gasteiger partial charge < -0.3 is 10.1 Å². The van der Waals surface area contributed by atoms with E-state index in [0.717, 1.165) is 4.47 Å². The molecule has 1 aliphatic rings. The van der Waals surface area contributed by atoms with Crippen molar-refractivity contribution in [1.82, 2.24) is 4.31 Å². The molecule has 1 fully saturated rings. The van der Waals surface area contributed by atoms with E-state index in [1.807, 2.05) is 12.1 Å². The quantitative estimate of drug-likeness (QED) is 0.752. The van der Waals surface area contributed by atoms with Gasteiger partial charge in [-0.1, -0.05) is 28.1 Å². The number of sulfonamides is 1. The second-order valence-electron chi connectivity index (χ2n) is 6.40. The molecule has 1 saturated heterocycles. The molecular weight excluding hydrogens is 432 g/mol. The Labute approximate surface area is 167 Å². The maximum absolute atomic E-state index is 13.2. The number of methoxy groups -OCH3 is 1. The predicted octanol–water partition coefficient (Wildman–Crippen LogP) is 3.56. The summed E-state index contributed by atoms with van der Waals surface area (Å²) in [5.74, 6) is 0.142. The van der Waals surface area contributed by atoms with Crippen LogP contribution in [0.2, 0.25) is 0 Å². The van der Waals surface area contributed by atoms with Gasteiger partial charge in [0.2, 0.25) is 15.9 Å². The number of aryl methyl sites for hydroxylation is 1. The Hall–Kier alpha value is -1.90. The van der Waals surface area contributed by atoms with E-state index < -0.39 is 16.1 Å². The molecule has 144 valence electrons. The number of benzene rings is 2. The Morgan fingerprint density at radius 2 is 2.04 bits per heavy atom. The molecule has 0 aromatic heterocycles. The first-order valence-corrected chi connectivity index (χ1v) is 10.8. The summed E-state index contributed by atoms with van der Waals surface area (Å²) in [7, 11) is -2.32. The molecule has 3 rings (SSSR count). The van der Waals surface area contributed by atoms with Gasteiger partial charge in [0.1, 0.15) is 11.8 Å². The summed E-state index contributed by atoms with van der Waals surface area (Å²) < 4.78 is 33.8. The summed E-state index contributed by atoms with van der Waals surface area (Å²) in [6, 6.07) is 11.4. The Bertz CT molecular complexity index is 962. The average Bonchev–Trinajstić information content (AvgIpc) is 3.13. The Morgan fingerprint density at radius 3 is 2.74 bits per heavy atom. The number of rotatable bonds is 5. The first-order chi connectivity index (χ1) is 12.8. The Balaban J connectivity index is 1.88. The molecule has 1 aliphatic heterocycles. The molecule has 1 heterocycles. The Kier molecular flexibility index (Phi) is 5.88. The van der Waals surface area contributed by atoms with E-state index in [-0.39, 0.29) is 10.8 Å². The highest BCUT2D eigenvalue weighted by Crippen LogP contribution is 2.30. The highest BCUT2D eigenvalue weighted by atomic mass is 79.9. The van der Waals surface area contributed by atoms with Gasteiger partial charge in [0, 0.05) is 22.8 Å². The fourth-order valence-corrected chi connectivity index (χ4v) is 5.49. The van der Waals surface area contributed by atoms with Gasteiger partial charge in [0.25, 0.3) is 0 Å². The van der Waals surface area contributed by atoms with Gasteiger partial charge in [-0.3, -0.25) is 4.79 Å². The summed E-state index contributed by atoms with van der Waals surface area (Å²) in [5, 5.41) is 2.82. The standard InChI is InChI=1S/C19H21BrN2O4S/c1-13-8-9-16(26-2)12-18(13)27(24,25)22-10-4-7-17(22)19(23)21-15-6-3-5-14(20)11-15/h3,5-6,8-9,11-12,17H,4,7,10H2,1-2H3,(H,21,23). The lowest BCUT2D eigenvalue weighted by molar-refractivity contribution is -0.119. The molecule has 2 aromatic rings. The number of nitrogens with zero attached hydrogens (tertiary/aromatic N) is 1.